The fourth-order valence-corrected chi connectivity index (χ4v) is 3.02. The minimum absolute atomic E-state index is 0.0998. The summed E-state index contributed by atoms with van der Waals surface area (Å²) in [6.45, 7) is 2.06. The number of halogens is 1. The zero-order valence-corrected chi connectivity index (χ0v) is 13.6. The van der Waals surface area contributed by atoms with Crippen molar-refractivity contribution < 1.29 is 14.3 Å². The average Bonchev–Trinajstić information content (AvgIpc) is 2.46. The van der Waals surface area contributed by atoms with Gasteiger partial charge in [0.15, 0.2) is 0 Å². The van der Waals surface area contributed by atoms with Crippen molar-refractivity contribution in [1.82, 2.24) is 0 Å². The van der Waals surface area contributed by atoms with Crippen LogP contribution >= 0.6 is 15.9 Å². The molecule has 0 aromatic heterocycles. The summed E-state index contributed by atoms with van der Waals surface area (Å²) in [5.41, 5.74) is 1.14. The van der Waals surface area contributed by atoms with E-state index in [1.54, 1.807) is 0 Å². The maximum Gasteiger partial charge on any atom is 0.305 e. The van der Waals surface area contributed by atoms with E-state index in [-0.39, 0.29) is 12.1 Å². The smallest absolute Gasteiger partial charge is 0.305 e. The molecule has 0 spiro atoms. The maximum absolute atomic E-state index is 11.3. The Labute approximate surface area is 128 Å². The molecule has 0 amide bonds. The summed E-state index contributed by atoms with van der Waals surface area (Å²) in [5, 5.41) is 0. The number of rotatable bonds is 4. The average molecular weight is 341 g/mol. The molecule has 1 saturated carbocycles. The third-order valence-corrected chi connectivity index (χ3v) is 4.85. The highest BCUT2D eigenvalue weighted by Gasteiger charge is 2.24. The topological polar surface area (TPSA) is 35.5 Å². The standard InChI is InChI=1S/C16H21BrO3/c1-11-14(17)4-3-5-15(11)20-13-8-6-12(7-9-13)10-16(18)19-2/h3-5,12-13H,6-10H2,1-2H3. The van der Waals surface area contributed by atoms with Crippen molar-refractivity contribution in [3.05, 3.63) is 28.2 Å². The third-order valence-electron chi connectivity index (χ3n) is 3.99. The zero-order valence-electron chi connectivity index (χ0n) is 12.0. The first-order chi connectivity index (χ1) is 9.60. The van der Waals surface area contributed by atoms with Gasteiger partial charge in [0.2, 0.25) is 0 Å². The number of ether oxygens (including phenoxy) is 2. The lowest BCUT2D eigenvalue weighted by molar-refractivity contribution is -0.142. The predicted octanol–water partition coefficient (Wildman–Crippen LogP) is 4.26. The molecule has 0 radical (unpaired) electrons. The molecule has 3 nitrogen and oxygen atoms in total. The van der Waals surface area contributed by atoms with Gasteiger partial charge in [-0.25, -0.2) is 0 Å². The zero-order chi connectivity index (χ0) is 14.5. The van der Waals surface area contributed by atoms with E-state index in [0.717, 1.165) is 41.5 Å². The molecule has 1 aromatic rings. The second kappa shape index (κ2) is 7.11. The van der Waals surface area contributed by atoms with E-state index < -0.39 is 0 Å². The fraction of sp³-hybridized carbons (Fsp3) is 0.562. The van der Waals surface area contributed by atoms with Crippen LogP contribution in [-0.4, -0.2) is 19.2 Å². The molecule has 0 saturated heterocycles. The molecular formula is C16H21BrO3. The van der Waals surface area contributed by atoms with Gasteiger partial charge in [-0.15, -0.1) is 0 Å². The van der Waals surface area contributed by atoms with Crippen LogP contribution in [0.5, 0.6) is 5.75 Å². The first kappa shape index (κ1) is 15.4. The summed E-state index contributed by atoms with van der Waals surface area (Å²) in [5.74, 6) is 1.30. The summed E-state index contributed by atoms with van der Waals surface area (Å²) in [4.78, 5) is 11.3. The van der Waals surface area contributed by atoms with Crippen molar-refractivity contribution in [3.63, 3.8) is 0 Å². The summed E-state index contributed by atoms with van der Waals surface area (Å²) in [6, 6.07) is 6.03. The van der Waals surface area contributed by atoms with Gasteiger partial charge in [-0.2, -0.15) is 0 Å². The van der Waals surface area contributed by atoms with Gasteiger partial charge in [-0.3, -0.25) is 4.79 Å². The predicted molar refractivity (Wildman–Crippen MR) is 81.9 cm³/mol. The lowest BCUT2D eigenvalue weighted by Gasteiger charge is -2.29. The van der Waals surface area contributed by atoms with Gasteiger partial charge < -0.3 is 9.47 Å². The van der Waals surface area contributed by atoms with E-state index in [1.807, 2.05) is 18.2 Å². The Morgan fingerprint density at radius 2 is 2.00 bits per heavy atom. The van der Waals surface area contributed by atoms with Gasteiger partial charge in [-0.1, -0.05) is 22.0 Å². The van der Waals surface area contributed by atoms with E-state index >= 15 is 0 Å². The Morgan fingerprint density at radius 1 is 1.30 bits per heavy atom. The second-order valence-corrected chi connectivity index (χ2v) is 6.26. The Morgan fingerprint density at radius 3 is 2.65 bits per heavy atom. The summed E-state index contributed by atoms with van der Waals surface area (Å²) in [7, 11) is 1.45. The van der Waals surface area contributed by atoms with E-state index in [4.69, 9.17) is 9.47 Å². The van der Waals surface area contributed by atoms with Gasteiger partial charge in [0, 0.05) is 16.5 Å². The summed E-state index contributed by atoms with van der Waals surface area (Å²) < 4.78 is 11.9. The van der Waals surface area contributed by atoms with E-state index in [0.29, 0.717) is 12.3 Å². The molecule has 4 heteroatoms. The molecule has 0 unspecified atom stereocenters. The summed E-state index contributed by atoms with van der Waals surface area (Å²) >= 11 is 3.52. The highest BCUT2D eigenvalue weighted by Crippen LogP contribution is 2.32. The molecule has 1 aliphatic rings. The highest BCUT2D eigenvalue weighted by atomic mass is 79.9. The first-order valence-electron chi connectivity index (χ1n) is 7.08. The third kappa shape index (κ3) is 3.98. The molecule has 0 N–H and O–H groups in total. The number of methoxy groups -OCH3 is 1. The van der Waals surface area contributed by atoms with Crippen LogP contribution in [0, 0.1) is 12.8 Å². The molecule has 0 bridgehead atoms. The Hall–Kier alpha value is -1.03. The summed E-state index contributed by atoms with van der Waals surface area (Å²) in [6.07, 6.45) is 4.89. The highest BCUT2D eigenvalue weighted by molar-refractivity contribution is 9.10. The normalized spacial score (nSPS) is 22.4. The SMILES string of the molecule is COC(=O)CC1CCC(Oc2cccc(Br)c2C)CC1. The van der Waals surface area contributed by atoms with Gasteiger partial charge in [-0.05, 0) is 50.7 Å². The Bertz CT molecular complexity index is 465. The van der Waals surface area contributed by atoms with E-state index in [9.17, 15) is 4.79 Å². The van der Waals surface area contributed by atoms with E-state index in [1.165, 1.54) is 7.11 Å². The van der Waals surface area contributed by atoms with Gasteiger partial charge in [0.25, 0.3) is 0 Å². The van der Waals surface area contributed by atoms with Crippen LogP contribution in [0.1, 0.15) is 37.7 Å². The van der Waals surface area contributed by atoms with Crippen LogP contribution in [0.3, 0.4) is 0 Å². The van der Waals surface area contributed by atoms with Gasteiger partial charge in [0.05, 0.1) is 13.2 Å². The van der Waals surface area contributed by atoms with E-state index in [2.05, 4.69) is 22.9 Å². The van der Waals surface area contributed by atoms with Crippen molar-refractivity contribution in [3.8, 4) is 5.75 Å². The molecule has 0 atom stereocenters. The molecule has 1 aliphatic carbocycles. The molecule has 1 fully saturated rings. The number of hydrogen-bond acceptors (Lipinski definition) is 3. The van der Waals surface area contributed by atoms with Gasteiger partial charge in [0.1, 0.15) is 5.75 Å². The molecule has 20 heavy (non-hydrogen) atoms. The van der Waals surface area contributed by atoms with Gasteiger partial charge >= 0.3 is 5.97 Å². The van der Waals surface area contributed by atoms with Crippen molar-refractivity contribution in [2.24, 2.45) is 5.92 Å². The lowest BCUT2D eigenvalue weighted by atomic mass is 9.85. The minimum atomic E-state index is -0.0998. The molecule has 1 aromatic carbocycles. The fourth-order valence-electron chi connectivity index (χ4n) is 2.67. The number of benzene rings is 1. The number of carbonyl (C=O) groups is 1. The molecule has 110 valence electrons. The largest absolute Gasteiger partial charge is 0.490 e. The van der Waals surface area contributed by atoms with Crippen molar-refractivity contribution >= 4 is 21.9 Å². The monoisotopic (exact) mass is 340 g/mol. The van der Waals surface area contributed by atoms with Crippen molar-refractivity contribution in [1.29, 1.82) is 0 Å². The quantitative estimate of drug-likeness (QED) is 0.768. The van der Waals surface area contributed by atoms with Crippen LogP contribution in [0.15, 0.2) is 22.7 Å². The van der Waals surface area contributed by atoms with Crippen molar-refractivity contribution in [2.75, 3.05) is 7.11 Å². The first-order valence-corrected chi connectivity index (χ1v) is 7.88. The molecule has 2 rings (SSSR count). The van der Waals surface area contributed by atoms with Crippen LogP contribution in [0.25, 0.3) is 0 Å². The van der Waals surface area contributed by atoms with Crippen LogP contribution in [-0.2, 0) is 9.53 Å². The Balaban J connectivity index is 1.85. The molecule has 0 aliphatic heterocycles. The Kier molecular flexibility index (Phi) is 5.46. The van der Waals surface area contributed by atoms with Crippen LogP contribution in [0.2, 0.25) is 0 Å². The number of hydrogen-bond donors (Lipinski definition) is 0. The van der Waals surface area contributed by atoms with Crippen LogP contribution < -0.4 is 4.74 Å². The van der Waals surface area contributed by atoms with Crippen molar-refractivity contribution in [2.45, 2.75) is 45.1 Å². The second-order valence-electron chi connectivity index (χ2n) is 5.40. The lowest BCUT2D eigenvalue weighted by Crippen LogP contribution is -2.25. The maximum atomic E-state index is 11.3. The number of carbonyl (C=O) groups excluding carboxylic acids is 1. The molecule has 0 heterocycles. The molecular weight excluding hydrogens is 320 g/mol. The minimum Gasteiger partial charge on any atom is -0.490 e. The van der Waals surface area contributed by atoms with Crippen LogP contribution in [0.4, 0.5) is 0 Å². The number of esters is 1.